The molecule has 9 heteroatoms. The first-order chi connectivity index (χ1) is 9.18. The number of halogens is 6. The molecule has 0 saturated carbocycles. The molecular formula is C11H9F6NO2. The van der Waals surface area contributed by atoms with Crippen LogP contribution in [0.5, 0.6) is 0 Å². The number of hydrogen-bond donors (Lipinski definition) is 0. The Hall–Kier alpha value is -1.80. The Bertz CT molecular complexity index is 500. The van der Waals surface area contributed by atoms with Crippen LogP contribution in [0.3, 0.4) is 0 Å². The van der Waals surface area contributed by atoms with E-state index in [0.29, 0.717) is 0 Å². The molecule has 0 aliphatic carbocycles. The molecule has 1 rings (SSSR count). The zero-order valence-corrected chi connectivity index (χ0v) is 10.1. The van der Waals surface area contributed by atoms with E-state index < -0.39 is 47.6 Å². The summed E-state index contributed by atoms with van der Waals surface area (Å²) in [5.74, 6) is -2.82. The molecule has 1 heterocycles. The third-order valence-corrected chi connectivity index (χ3v) is 2.27. The van der Waals surface area contributed by atoms with Gasteiger partial charge < -0.3 is 4.74 Å². The fourth-order valence-electron chi connectivity index (χ4n) is 1.45. The first kappa shape index (κ1) is 16.3. The van der Waals surface area contributed by atoms with Crippen molar-refractivity contribution in [1.29, 1.82) is 0 Å². The smallest absolute Gasteiger partial charge is 0.418 e. The third kappa shape index (κ3) is 3.61. The topological polar surface area (TPSA) is 39.2 Å². The molecule has 112 valence electrons. The number of carbonyl (C=O) groups is 1. The van der Waals surface area contributed by atoms with E-state index in [0.717, 1.165) is 0 Å². The Morgan fingerprint density at radius 1 is 1.40 bits per heavy atom. The van der Waals surface area contributed by atoms with Gasteiger partial charge in [0.25, 0.3) is 6.43 Å². The summed E-state index contributed by atoms with van der Waals surface area (Å²) >= 11 is 0. The zero-order valence-electron chi connectivity index (χ0n) is 10.1. The van der Waals surface area contributed by atoms with Crippen LogP contribution >= 0.6 is 0 Å². The van der Waals surface area contributed by atoms with E-state index >= 15 is 0 Å². The Kier molecular flexibility index (Phi) is 4.96. The maximum Gasteiger partial charge on any atom is 0.418 e. The molecule has 0 saturated heterocycles. The molecule has 0 spiro atoms. The van der Waals surface area contributed by atoms with Crippen molar-refractivity contribution in [2.45, 2.75) is 25.9 Å². The summed E-state index contributed by atoms with van der Waals surface area (Å²) in [4.78, 5) is 14.2. The van der Waals surface area contributed by atoms with Crippen LogP contribution in [0, 0.1) is 5.82 Å². The second-order valence-electron chi connectivity index (χ2n) is 3.63. The number of rotatable bonds is 4. The minimum atomic E-state index is -5.16. The maximum atomic E-state index is 13.7. The van der Waals surface area contributed by atoms with E-state index in [9.17, 15) is 31.1 Å². The summed E-state index contributed by atoms with van der Waals surface area (Å²) in [7, 11) is 0. The SMILES string of the molecule is CCOC(=O)Cc1ncc(C(F)(F)F)c(C(F)F)c1F. The number of ether oxygens (including phenoxy) is 1. The number of esters is 1. The second-order valence-corrected chi connectivity index (χ2v) is 3.63. The Balaban J connectivity index is 3.26. The summed E-state index contributed by atoms with van der Waals surface area (Å²) in [5.41, 5.74) is -4.49. The lowest BCUT2D eigenvalue weighted by atomic mass is 10.1. The van der Waals surface area contributed by atoms with Crippen LogP contribution in [0.15, 0.2) is 6.20 Å². The minimum absolute atomic E-state index is 0.0389. The number of nitrogens with zero attached hydrogens (tertiary/aromatic N) is 1. The Labute approximate surface area is 109 Å². The average Bonchev–Trinajstić information content (AvgIpc) is 2.29. The van der Waals surface area contributed by atoms with Crippen LogP contribution in [0.1, 0.15) is 30.2 Å². The third-order valence-electron chi connectivity index (χ3n) is 2.27. The minimum Gasteiger partial charge on any atom is -0.466 e. The van der Waals surface area contributed by atoms with Gasteiger partial charge in [0.2, 0.25) is 0 Å². The highest BCUT2D eigenvalue weighted by Gasteiger charge is 2.39. The van der Waals surface area contributed by atoms with Crippen molar-refractivity contribution in [1.82, 2.24) is 4.98 Å². The molecule has 1 aromatic heterocycles. The first-order valence-electron chi connectivity index (χ1n) is 5.36. The maximum absolute atomic E-state index is 13.7. The summed E-state index contributed by atoms with van der Waals surface area (Å²) in [6, 6.07) is 0. The average molecular weight is 301 g/mol. The quantitative estimate of drug-likeness (QED) is 0.633. The van der Waals surface area contributed by atoms with E-state index in [1.54, 1.807) is 0 Å². The molecule has 0 aliphatic rings. The fraction of sp³-hybridized carbons (Fsp3) is 0.455. The molecule has 20 heavy (non-hydrogen) atoms. The molecule has 0 aliphatic heterocycles. The lowest BCUT2D eigenvalue weighted by Gasteiger charge is -2.14. The van der Waals surface area contributed by atoms with Crippen molar-refractivity contribution < 1.29 is 35.9 Å². The van der Waals surface area contributed by atoms with Gasteiger partial charge in [0.15, 0.2) is 5.82 Å². The van der Waals surface area contributed by atoms with Crippen LogP contribution < -0.4 is 0 Å². The molecule has 3 nitrogen and oxygen atoms in total. The standard InChI is InChI=1S/C11H9F6NO2/c1-2-20-7(19)3-6-9(12)8(10(13)14)5(4-18-6)11(15,16)17/h4,10H,2-3H2,1H3. The monoisotopic (exact) mass is 301 g/mol. The van der Waals surface area contributed by atoms with Crippen molar-refractivity contribution in [3.8, 4) is 0 Å². The van der Waals surface area contributed by atoms with E-state index in [4.69, 9.17) is 0 Å². The number of carbonyl (C=O) groups excluding carboxylic acids is 1. The normalized spacial score (nSPS) is 11.8. The number of pyridine rings is 1. The summed E-state index contributed by atoms with van der Waals surface area (Å²) < 4.78 is 80.7. The highest BCUT2D eigenvalue weighted by Crippen LogP contribution is 2.37. The molecule has 0 fully saturated rings. The van der Waals surface area contributed by atoms with Crippen LogP contribution in [-0.4, -0.2) is 17.6 Å². The molecule has 0 amide bonds. The summed E-state index contributed by atoms with van der Waals surface area (Å²) in [5, 5.41) is 0. The zero-order chi connectivity index (χ0) is 15.5. The molecule has 0 radical (unpaired) electrons. The second kappa shape index (κ2) is 6.10. The van der Waals surface area contributed by atoms with Crippen molar-refractivity contribution >= 4 is 5.97 Å². The predicted octanol–water partition coefficient (Wildman–Crippen LogP) is 3.28. The van der Waals surface area contributed by atoms with Gasteiger partial charge in [0.05, 0.1) is 29.8 Å². The molecule has 1 aromatic rings. The van der Waals surface area contributed by atoms with E-state index in [1.807, 2.05) is 0 Å². The van der Waals surface area contributed by atoms with Crippen molar-refractivity contribution in [3.05, 3.63) is 28.8 Å². The lowest BCUT2D eigenvalue weighted by Crippen LogP contribution is -2.17. The van der Waals surface area contributed by atoms with Crippen LogP contribution in [0.2, 0.25) is 0 Å². The van der Waals surface area contributed by atoms with Gasteiger partial charge in [-0.2, -0.15) is 13.2 Å². The van der Waals surface area contributed by atoms with Crippen molar-refractivity contribution in [2.24, 2.45) is 0 Å². The number of hydrogen-bond acceptors (Lipinski definition) is 3. The Morgan fingerprint density at radius 3 is 2.45 bits per heavy atom. The fourth-order valence-corrected chi connectivity index (χ4v) is 1.45. The van der Waals surface area contributed by atoms with Gasteiger partial charge in [-0.1, -0.05) is 0 Å². The van der Waals surface area contributed by atoms with Crippen LogP contribution in [0.4, 0.5) is 26.3 Å². The molecule has 0 N–H and O–H groups in total. The summed E-state index contributed by atoms with van der Waals surface area (Å²) in [6.45, 7) is 1.42. The largest absolute Gasteiger partial charge is 0.466 e. The van der Waals surface area contributed by atoms with Gasteiger partial charge in [0, 0.05) is 6.20 Å². The Morgan fingerprint density at radius 2 is 2.00 bits per heavy atom. The van der Waals surface area contributed by atoms with Crippen LogP contribution in [-0.2, 0) is 22.1 Å². The molecular weight excluding hydrogens is 292 g/mol. The van der Waals surface area contributed by atoms with Crippen molar-refractivity contribution in [3.63, 3.8) is 0 Å². The number of alkyl halides is 5. The lowest BCUT2D eigenvalue weighted by molar-refractivity contribution is -0.142. The molecule has 0 unspecified atom stereocenters. The van der Waals surface area contributed by atoms with Gasteiger partial charge in [0.1, 0.15) is 0 Å². The van der Waals surface area contributed by atoms with E-state index in [1.165, 1.54) is 6.92 Å². The van der Waals surface area contributed by atoms with Gasteiger partial charge >= 0.3 is 12.1 Å². The van der Waals surface area contributed by atoms with E-state index in [2.05, 4.69) is 9.72 Å². The van der Waals surface area contributed by atoms with Gasteiger partial charge in [-0.15, -0.1) is 0 Å². The van der Waals surface area contributed by atoms with Crippen molar-refractivity contribution in [2.75, 3.05) is 6.61 Å². The van der Waals surface area contributed by atoms with Gasteiger partial charge in [-0.05, 0) is 6.92 Å². The first-order valence-corrected chi connectivity index (χ1v) is 5.36. The summed E-state index contributed by atoms with van der Waals surface area (Å²) in [6.07, 6.45) is -9.59. The number of aromatic nitrogens is 1. The highest BCUT2D eigenvalue weighted by atomic mass is 19.4. The van der Waals surface area contributed by atoms with Crippen LogP contribution in [0.25, 0.3) is 0 Å². The highest BCUT2D eigenvalue weighted by molar-refractivity contribution is 5.72. The predicted molar refractivity (Wildman–Crippen MR) is 54.5 cm³/mol. The molecule has 0 aromatic carbocycles. The van der Waals surface area contributed by atoms with E-state index in [-0.39, 0.29) is 12.8 Å². The van der Waals surface area contributed by atoms with Gasteiger partial charge in [-0.25, -0.2) is 13.2 Å². The molecule has 0 atom stereocenters. The van der Waals surface area contributed by atoms with Gasteiger partial charge in [-0.3, -0.25) is 9.78 Å². The molecule has 0 bridgehead atoms.